The van der Waals surface area contributed by atoms with E-state index >= 15 is 0 Å². The van der Waals surface area contributed by atoms with E-state index in [4.69, 9.17) is 10.5 Å². The summed E-state index contributed by atoms with van der Waals surface area (Å²) in [5, 5.41) is 5.81. The lowest BCUT2D eigenvalue weighted by atomic mass is 10.2. The van der Waals surface area contributed by atoms with Crippen molar-refractivity contribution in [2.75, 3.05) is 25.1 Å². The van der Waals surface area contributed by atoms with E-state index in [9.17, 15) is 9.59 Å². The molecule has 0 heterocycles. The van der Waals surface area contributed by atoms with Gasteiger partial charge in [-0.1, -0.05) is 17.7 Å². The third kappa shape index (κ3) is 6.31. The summed E-state index contributed by atoms with van der Waals surface area (Å²) in [6.45, 7) is 4.44. The quantitative estimate of drug-likeness (QED) is 0.601. The van der Waals surface area contributed by atoms with Crippen LogP contribution in [0.15, 0.2) is 24.3 Å². The van der Waals surface area contributed by atoms with Gasteiger partial charge < -0.3 is 21.1 Å². The summed E-state index contributed by atoms with van der Waals surface area (Å²) in [6.07, 6.45) is 0. The number of carbonyl (C=O) groups excluding carboxylic acids is 2. The molecule has 2 amide bonds. The van der Waals surface area contributed by atoms with Crippen LogP contribution in [0.2, 0.25) is 0 Å². The molecule has 6 nitrogen and oxygen atoms in total. The van der Waals surface area contributed by atoms with Gasteiger partial charge in [-0.05, 0) is 26.0 Å². The Bertz CT molecular complexity index is 445. The first-order valence-corrected chi connectivity index (χ1v) is 6.46. The Morgan fingerprint density at radius 1 is 1.30 bits per heavy atom. The molecule has 0 aliphatic rings. The number of primary amides is 1. The Balaban J connectivity index is 2.25. The molecule has 0 saturated carbocycles. The van der Waals surface area contributed by atoms with E-state index in [0.717, 1.165) is 11.3 Å². The molecule has 6 heteroatoms. The summed E-state index contributed by atoms with van der Waals surface area (Å²) in [5.74, 6) is -0.626. The lowest BCUT2D eigenvalue weighted by Crippen LogP contribution is -2.39. The number of nitrogens with one attached hydrogen (secondary N) is 2. The van der Waals surface area contributed by atoms with Gasteiger partial charge in [-0.15, -0.1) is 0 Å². The van der Waals surface area contributed by atoms with Gasteiger partial charge in [-0.25, -0.2) is 0 Å². The second-order valence-electron chi connectivity index (χ2n) is 4.55. The molecular weight excluding hydrogens is 258 g/mol. The lowest BCUT2D eigenvalue weighted by Gasteiger charge is -2.14. The summed E-state index contributed by atoms with van der Waals surface area (Å²) in [4.78, 5) is 22.3. The van der Waals surface area contributed by atoms with Crippen molar-refractivity contribution in [3.05, 3.63) is 29.8 Å². The Kier molecular flexibility index (Phi) is 6.69. The van der Waals surface area contributed by atoms with Crippen LogP contribution in [0.4, 0.5) is 5.69 Å². The first kappa shape index (κ1) is 16.1. The second-order valence-corrected chi connectivity index (χ2v) is 4.55. The fourth-order valence-electron chi connectivity index (χ4n) is 1.50. The van der Waals surface area contributed by atoms with Gasteiger partial charge in [0.15, 0.2) is 0 Å². The minimum Gasteiger partial charge on any atom is -0.370 e. The van der Waals surface area contributed by atoms with Crippen LogP contribution in [-0.4, -0.2) is 37.6 Å². The van der Waals surface area contributed by atoms with E-state index in [2.05, 4.69) is 10.6 Å². The van der Waals surface area contributed by atoms with E-state index in [0.29, 0.717) is 13.2 Å². The number of anilines is 1. The van der Waals surface area contributed by atoms with Gasteiger partial charge in [-0.3, -0.25) is 9.59 Å². The first-order valence-electron chi connectivity index (χ1n) is 6.46. The maximum atomic E-state index is 11.9. The van der Waals surface area contributed by atoms with Crippen LogP contribution >= 0.6 is 0 Å². The molecule has 0 aromatic heterocycles. The lowest BCUT2D eigenvalue weighted by molar-refractivity contribution is -0.122. The Hall–Kier alpha value is -1.92. The smallest absolute Gasteiger partial charge is 0.243 e. The Labute approximate surface area is 118 Å². The van der Waals surface area contributed by atoms with E-state index < -0.39 is 5.91 Å². The average Bonchev–Trinajstić information content (AvgIpc) is 2.40. The Morgan fingerprint density at radius 2 is 1.95 bits per heavy atom. The highest BCUT2D eigenvalue weighted by Gasteiger charge is 2.11. The van der Waals surface area contributed by atoms with Crippen LogP contribution in [0.25, 0.3) is 0 Å². The minimum atomic E-state index is -0.504. The van der Waals surface area contributed by atoms with Crippen molar-refractivity contribution in [1.29, 1.82) is 0 Å². The van der Waals surface area contributed by atoms with Gasteiger partial charge in [0, 0.05) is 12.2 Å². The van der Waals surface area contributed by atoms with Crippen molar-refractivity contribution < 1.29 is 14.3 Å². The van der Waals surface area contributed by atoms with Crippen LogP contribution in [0.3, 0.4) is 0 Å². The van der Waals surface area contributed by atoms with Crippen LogP contribution in [0, 0.1) is 6.92 Å². The predicted molar refractivity (Wildman–Crippen MR) is 77.3 cm³/mol. The molecule has 1 aromatic carbocycles. The molecule has 110 valence electrons. The number of nitrogens with two attached hydrogens (primary N) is 1. The number of ether oxygens (including phenoxy) is 1. The molecule has 20 heavy (non-hydrogen) atoms. The van der Waals surface area contributed by atoms with Gasteiger partial charge in [0.1, 0.15) is 6.61 Å². The number of amides is 2. The van der Waals surface area contributed by atoms with Crippen LogP contribution in [0.1, 0.15) is 12.5 Å². The van der Waals surface area contributed by atoms with Crippen LogP contribution in [-0.2, 0) is 14.3 Å². The van der Waals surface area contributed by atoms with Crippen molar-refractivity contribution in [1.82, 2.24) is 5.32 Å². The summed E-state index contributed by atoms with van der Waals surface area (Å²) in [5.41, 5.74) is 6.83. The molecule has 0 aliphatic heterocycles. The number of hydrogen-bond acceptors (Lipinski definition) is 4. The third-order valence-electron chi connectivity index (χ3n) is 2.65. The first-order chi connectivity index (χ1) is 9.49. The standard InChI is InChI=1S/C14H21N3O3/c1-10-3-5-12(6-4-10)17-14(19)11(2)16-7-8-20-9-13(15)18/h3-6,11,16H,7-9H2,1-2H3,(H2,15,18)(H,17,19). The molecule has 0 aliphatic carbocycles. The second kappa shape index (κ2) is 8.29. The van der Waals surface area contributed by atoms with Gasteiger partial charge in [-0.2, -0.15) is 0 Å². The molecule has 1 unspecified atom stereocenters. The largest absolute Gasteiger partial charge is 0.370 e. The van der Waals surface area contributed by atoms with Crippen LogP contribution < -0.4 is 16.4 Å². The number of carbonyl (C=O) groups is 2. The number of hydrogen-bond donors (Lipinski definition) is 3. The summed E-state index contributed by atoms with van der Waals surface area (Å²) >= 11 is 0. The highest BCUT2D eigenvalue weighted by Crippen LogP contribution is 2.08. The monoisotopic (exact) mass is 279 g/mol. The molecule has 0 radical (unpaired) electrons. The van der Waals surface area contributed by atoms with Gasteiger partial charge in [0.25, 0.3) is 0 Å². The summed E-state index contributed by atoms with van der Waals surface area (Å²) in [7, 11) is 0. The minimum absolute atomic E-state index is 0.106. The zero-order valence-corrected chi connectivity index (χ0v) is 11.8. The topological polar surface area (TPSA) is 93.4 Å². The summed E-state index contributed by atoms with van der Waals surface area (Å²) < 4.78 is 4.99. The Morgan fingerprint density at radius 3 is 2.55 bits per heavy atom. The number of aryl methyl sites for hydroxylation is 1. The molecule has 0 spiro atoms. The maximum absolute atomic E-state index is 11.9. The SMILES string of the molecule is Cc1ccc(NC(=O)C(C)NCCOCC(N)=O)cc1. The van der Waals surface area contributed by atoms with Crippen molar-refractivity contribution in [3.8, 4) is 0 Å². The highest BCUT2D eigenvalue weighted by molar-refractivity contribution is 5.94. The van der Waals surface area contributed by atoms with Crippen molar-refractivity contribution in [3.63, 3.8) is 0 Å². The van der Waals surface area contributed by atoms with E-state index in [-0.39, 0.29) is 18.6 Å². The molecule has 4 N–H and O–H groups in total. The fourth-order valence-corrected chi connectivity index (χ4v) is 1.50. The van der Waals surface area contributed by atoms with Crippen LogP contribution in [0.5, 0.6) is 0 Å². The molecule has 1 rings (SSSR count). The molecule has 0 saturated heterocycles. The van der Waals surface area contributed by atoms with Crippen molar-refractivity contribution >= 4 is 17.5 Å². The van der Waals surface area contributed by atoms with E-state index in [1.807, 2.05) is 31.2 Å². The van der Waals surface area contributed by atoms with Crippen molar-refractivity contribution in [2.45, 2.75) is 19.9 Å². The van der Waals surface area contributed by atoms with Gasteiger partial charge in [0.05, 0.1) is 12.6 Å². The molecule has 1 aromatic rings. The van der Waals surface area contributed by atoms with Crippen molar-refractivity contribution in [2.24, 2.45) is 5.73 Å². The van der Waals surface area contributed by atoms with Gasteiger partial charge >= 0.3 is 0 Å². The third-order valence-corrected chi connectivity index (χ3v) is 2.65. The van der Waals surface area contributed by atoms with E-state index in [1.54, 1.807) is 6.92 Å². The molecule has 0 bridgehead atoms. The fraction of sp³-hybridized carbons (Fsp3) is 0.429. The normalized spacial score (nSPS) is 11.9. The predicted octanol–water partition coefficient (Wildman–Crippen LogP) is 0.414. The number of rotatable bonds is 8. The zero-order valence-electron chi connectivity index (χ0n) is 11.8. The molecule has 0 fully saturated rings. The highest BCUT2D eigenvalue weighted by atomic mass is 16.5. The molecular formula is C14H21N3O3. The van der Waals surface area contributed by atoms with E-state index in [1.165, 1.54) is 0 Å². The molecule has 1 atom stereocenters. The number of benzene rings is 1. The zero-order chi connectivity index (χ0) is 15.0. The summed E-state index contributed by atoms with van der Waals surface area (Å²) in [6, 6.07) is 7.23. The average molecular weight is 279 g/mol. The van der Waals surface area contributed by atoms with Gasteiger partial charge in [0.2, 0.25) is 11.8 Å². The maximum Gasteiger partial charge on any atom is 0.243 e.